The van der Waals surface area contributed by atoms with Crippen LogP contribution in [0.25, 0.3) is 0 Å². The van der Waals surface area contributed by atoms with Crippen molar-refractivity contribution in [3.8, 4) is 6.07 Å². The summed E-state index contributed by atoms with van der Waals surface area (Å²) < 4.78 is 0.117. The van der Waals surface area contributed by atoms with Gasteiger partial charge in [0.1, 0.15) is 0 Å². The molecule has 0 aromatic heterocycles. The summed E-state index contributed by atoms with van der Waals surface area (Å²) in [4.78, 5) is 13.1. The predicted molar refractivity (Wildman–Crippen MR) is 60.1 cm³/mol. The zero-order chi connectivity index (χ0) is 11.2. The Morgan fingerprint density at radius 1 is 1.50 bits per heavy atom. The highest BCUT2D eigenvalue weighted by atomic mass is 32.2. The van der Waals surface area contributed by atoms with Crippen molar-refractivity contribution in [3.05, 3.63) is 0 Å². The topological polar surface area (TPSA) is 44.1 Å². The van der Waals surface area contributed by atoms with Crippen molar-refractivity contribution in [2.75, 3.05) is 19.3 Å². The van der Waals surface area contributed by atoms with Crippen molar-refractivity contribution in [3.63, 3.8) is 0 Å². The quantitative estimate of drug-likeness (QED) is 0.718. The molecule has 0 rings (SSSR count). The van der Waals surface area contributed by atoms with Gasteiger partial charge in [-0.3, -0.25) is 4.79 Å². The van der Waals surface area contributed by atoms with Crippen LogP contribution < -0.4 is 0 Å². The number of hydrogen-bond donors (Lipinski definition) is 0. The molecule has 0 radical (unpaired) electrons. The number of carbonyl (C=O) groups is 1. The summed E-state index contributed by atoms with van der Waals surface area (Å²) in [5, 5.41) is 8.36. The fraction of sp³-hybridized carbons (Fsp3) is 0.800. The summed E-state index contributed by atoms with van der Waals surface area (Å²) in [6.07, 6.45) is 0.405. The number of hydrogen-bond acceptors (Lipinski definition) is 3. The summed E-state index contributed by atoms with van der Waals surface area (Å²) in [5.74, 6) is 0.589. The molecule has 0 heterocycles. The van der Waals surface area contributed by atoms with Gasteiger partial charge in [0.2, 0.25) is 5.91 Å². The van der Waals surface area contributed by atoms with E-state index in [9.17, 15) is 4.79 Å². The maximum Gasteiger partial charge on any atom is 0.232 e. The molecule has 0 saturated heterocycles. The number of thioether (sulfide) groups is 1. The van der Waals surface area contributed by atoms with E-state index in [1.54, 1.807) is 23.7 Å². The van der Waals surface area contributed by atoms with Gasteiger partial charge in [-0.2, -0.15) is 5.26 Å². The fourth-order valence-corrected chi connectivity index (χ4v) is 1.51. The second-order valence-corrected chi connectivity index (χ2v) is 5.93. The van der Waals surface area contributed by atoms with Gasteiger partial charge in [-0.1, -0.05) is 20.8 Å². The third-order valence-electron chi connectivity index (χ3n) is 1.61. The summed E-state index contributed by atoms with van der Waals surface area (Å²) in [6, 6.07) is 2.03. The molecule has 0 aromatic rings. The lowest BCUT2D eigenvalue weighted by Crippen LogP contribution is -2.30. The van der Waals surface area contributed by atoms with Crippen LogP contribution in [0.15, 0.2) is 0 Å². The van der Waals surface area contributed by atoms with Crippen molar-refractivity contribution < 1.29 is 4.79 Å². The van der Waals surface area contributed by atoms with Gasteiger partial charge in [0.25, 0.3) is 0 Å². The van der Waals surface area contributed by atoms with Gasteiger partial charge in [0, 0.05) is 18.3 Å². The minimum Gasteiger partial charge on any atom is -0.344 e. The van der Waals surface area contributed by atoms with Crippen LogP contribution in [0.3, 0.4) is 0 Å². The SMILES string of the molecule is CN(CCC#N)C(=O)CSC(C)(C)C. The largest absolute Gasteiger partial charge is 0.344 e. The van der Waals surface area contributed by atoms with E-state index in [-0.39, 0.29) is 10.7 Å². The van der Waals surface area contributed by atoms with Gasteiger partial charge in [0.05, 0.1) is 18.2 Å². The maximum atomic E-state index is 11.5. The van der Waals surface area contributed by atoms with Crippen LogP contribution in [0.1, 0.15) is 27.2 Å². The van der Waals surface area contributed by atoms with Crippen LogP contribution in [-0.4, -0.2) is 34.9 Å². The molecule has 80 valence electrons. The zero-order valence-corrected chi connectivity index (χ0v) is 10.1. The van der Waals surface area contributed by atoms with Crippen LogP contribution in [0.2, 0.25) is 0 Å². The molecule has 0 aliphatic carbocycles. The Labute approximate surface area is 90.5 Å². The zero-order valence-electron chi connectivity index (χ0n) is 9.33. The number of amides is 1. The molecular weight excluding hydrogens is 196 g/mol. The molecule has 4 heteroatoms. The molecule has 1 amide bonds. The van der Waals surface area contributed by atoms with Crippen LogP contribution in [0.4, 0.5) is 0 Å². The van der Waals surface area contributed by atoms with Crippen LogP contribution in [-0.2, 0) is 4.79 Å². The van der Waals surface area contributed by atoms with Gasteiger partial charge >= 0.3 is 0 Å². The Balaban J connectivity index is 3.80. The molecular formula is C10H18N2OS. The molecule has 0 saturated carbocycles. The average molecular weight is 214 g/mol. The number of nitriles is 1. The highest BCUT2D eigenvalue weighted by Gasteiger charge is 2.15. The van der Waals surface area contributed by atoms with Gasteiger partial charge in [0.15, 0.2) is 0 Å². The van der Waals surface area contributed by atoms with E-state index >= 15 is 0 Å². The highest BCUT2D eigenvalue weighted by molar-refractivity contribution is 8.01. The maximum absolute atomic E-state index is 11.5. The van der Waals surface area contributed by atoms with E-state index in [1.165, 1.54) is 0 Å². The second-order valence-electron chi connectivity index (χ2n) is 4.12. The molecule has 0 aliphatic heterocycles. The normalized spacial score (nSPS) is 10.8. The first-order chi connectivity index (χ1) is 6.37. The molecule has 0 aromatic carbocycles. The Kier molecular flexibility index (Phi) is 5.63. The Morgan fingerprint density at radius 3 is 2.50 bits per heavy atom. The summed E-state index contributed by atoms with van der Waals surface area (Å²) in [5.41, 5.74) is 0. The monoisotopic (exact) mass is 214 g/mol. The lowest BCUT2D eigenvalue weighted by atomic mass is 10.3. The first kappa shape index (κ1) is 13.3. The third kappa shape index (κ3) is 6.79. The Morgan fingerprint density at radius 2 is 2.07 bits per heavy atom. The summed E-state index contributed by atoms with van der Waals surface area (Å²) in [6.45, 7) is 6.78. The van der Waals surface area contributed by atoms with Crippen LogP contribution in [0.5, 0.6) is 0 Å². The summed E-state index contributed by atoms with van der Waals surface area (Å²) in [7, 11) is 1.74. The van der Waals surface area contributed by atoms with Crippen molar-refractivity contribution in [2.24, 2.45) is 0 Å². The third-order valence-corrected chi connectivity index (χ3v) is 2.87. The van der Waals surface area contributed by atoms with E-state index in [0.717, 1.165) is 0 Å². The van der Waals surface area contributed by atoms with Crippen LogP contribution >= 0.6 is 11.8 Å². The number of rotatable bonds is 4. The minimum absolute atomic E-state index is 0.0974. The van der Waals surface area contributed by atoms with E-state index in [0.29, 0.717) is 18.7 Å². The van der Waals surface area contributed by atoms with Crippen molar-refractivity contribution in [2.45, 2.75) is 31.9 Å². The predicted octanol–water partition coefficient (Wildman–Crippen LogP) is 1.89. The molecule has 0 bridgehead atoms. The molecule has 0 aliphatic rings. The Hall–Kier alpha value is -0.690. The highest BCUT2D eigenvalue weighted by Crippen LogP contribution is 2.22. The lowest BCUT2D eigenvalue weighted by molar-refractivity contribution is -0.127. The average Bonchev–Trinajstić information content (AvgIpc) is 2.09. The van der Waals surface area contributed by atoms with Gasteiger partial charge in [-0.25, -0.2) is 0 Å². The molecule has 14 heavy (non-hydrogen) atoms. The lowest BCUT2D eigenvalue weighted by Gasteiger charge is -2.20. The molecule has 0 unspecified atom stereocenters. The Bertz CT molecular complexity index is 227. The first-order valence-corrected chi connectivity index (χ1v) is 5.60. The van der Waals surface area contributed by atoms with Crippen molar-refractivity contribution in [1.82, 2.24) is 4.90 Å². The van der Waals surface area contributed by atoms with E-state index in [1.807, 2.05) is 6.07 Å². The summed E-state index contributed by atoms with van der Waals surface area (Å²) >= 11 is 1.63. The van der Waals surface area contributed by atoms with Gasteiger partial charge in [-0.05, 0) is 0 Å². The van der Waals surface area contributed by atoms with E-state index < -0.39 is 0 Å². The molecule has 3 nitrogen and oxygen atoms in total. The molecule has 0 spiro atoms. The first-order valence-electron chi connectivity index (χ1n) is 4.61. The molecule has 0 N–H and O–H groups in total. The van der Waals surface area contributed by atoms with E-state index in [2.05, 4.69) is 20.8 Å². The number of carbonyl (C=O) groups excluding carboxylic acids is 1. The van der Waals surface area contributed by atoms with Crippen LogP contribution in [0, 0.1) is 11.3 Å². The van der Waals surface area contributed by atoms with Crippen molar-refractivity contribution in [1.29, 1.82) is 5.26 Å². The van der Waals surface area contributed by atoms with E-state index in [4.69, 9.17) is 5.26 Å². The minimum atomic E-state index is 0.0974. The number of nitrogens with zero attached hydrogens (tertiary/aromatic N) is 2. The standard InChI is InChI=1S/C10H18N2OS/c1-10(2,3)14-8-9(13)12(4)7-5-6-11/h5,7-8H2,1-4H3. The van der Waals surface area contributed by atoms with Gasteiger partial charge < -0.3 is 4.90 Å². The molecule has 0 atom stereocenters. The smallest absolute Gasteiger partial charge is 0.232 e. The van der Waals surface area contributed by atoms with Crippen molar-refractivity contribution >= 4 is 17.7 Å². The molecule has 0 fully saturated rings. The fourth-order valence-electron chi connectivity index (χ4n) is 0.731. The van der Waals surface area contributed by atoms with Gasteiger partial charge in [-0.15, -0.1) is 11.8 Å². The second kappa shape index (κ2) is 5.92.